The molecule has 6 nitrogen and oxygen atoms in total. The van der Waals surface area contributed by atoms with Crippen LogP contribution < -0.4 is 0 Å². The lowest BCUT2D eigenvalue weighted by Gasteiger charge is -2.22. The third-order valence-electron chi connectivity index (χ3n) is 3.77. The van der Waals surface area contributed by atoms with Crippen LogP contribution in [0.15, 0.2) is 0 Å². The number of hydrogen-bond donors (Lipinski definition) is 1. The largest absolute Gasteiger partial charge is 0.391 e. The molecule has 2 fully saturated rings. The molecule has 1 N–H and O–H groups in total. The van der Waals surface area contributed by atoms with Gasteiger partial charge in [0, 0.05) is 26.4 Å². The van der Waals surface area contributed by atoms with Crippen LogP contribution in [0.25, 0.3) is 0 Å². The molecule has 0 amide bonds. The van der Waals surface area contributed by atoms with Crippen molar-refractivity contribution in [1.82, 2.24) is 0 Å². The molecule has 22 heavy (non-hydrogen) atoms. The highest BCUT2D eigenvalue weighted by atomic mass is 16.7. The van der Waals surface area contributed by atoms with Crippen LogP contribution >= 0.6 is 0 Å². The molecule has 2 aliphatic rings. The molecule has 0 aliphatic carbocycles. The van der Waals surface area contributed by atoms with E-state index >= 15 is 0 Å². The van der Waals surface area contributed by atoms with Gasteiger partial charge in [0.1, 0.15) is 0 Å². The second-order valence-corrected chi connectivity index (χ2v) is 5.89. The number of rotatable bonds is 13. The van der Waals surface area contributed by atoms with Gasteiger partial charge in [-0.1, -0.05) is 0 Å². The van der Waals surface area contributed by atoms with Gasteiger partial charge in [0.15, 0.2) is 6.29 Å². The van der Waals surface area contributed by atoms with Crippen molar-refractivity contribution in [3.8, 4) is 0 Å². The summed E-state index contributed by atoms with van der Waals surface area (Å²) >= 11 is 0. The Balaban J connectivity index is 1.30. The Bertz CT molecular complexity index is 265. The smallest absolute Gasteiger partial charge is 0.157 e. The molecule has 0 aromatic heterocycles. The van der Waals surface area contributed by atoms with E-state index in [0.29, 0.717) is 45.6 Å². The lowest BCUT2D eigenvalue weighted by atomic mass is 10.2. The molecule has 130 valence electrons. The van der Waals surface area contributed by atoms with Crippen molar-refractivity contribution < 1.29 is 28.8 Å². The molecule has 2 rings (SSSR count). The zero-order valence-electron chi connectivity index (χ0n) is 13.4. The fourth-order valence-corrected chi connectivity index (χ4v) is 2.29. The van der Waals surface area contributed by atoms with Gasteiger partial charge in [-0.05, 0) is 38.5 Å². The van der Waals surface area contributed by atoms with Crippen molar-refractivity contribution in [1.29, 1.82) is 0 Å². The van der Waals surface area contributed by atoms with Gasteiger partial charge in [0.25, 0.3) is 0 Å². The van der Waals surface area contributed by atoms with E-state index in [1.807, 2.05) is 0 Å². The molecule has 0 aromatic rings. The fraction of sp³-hybridized carbons (Fsp3) is 1.00. The van der Waals surface area contributed by atoms with E-state index in [-0.39, 0.29) is 6.29 Å². The second kappa shape index (κ2) is 11.3. The third kappa shape index (κ3) is 9.02. The molecule has 0 spiro atoms. The van der Waals surface area contributed by atoms with Crippen LogP contribution in [0.1, 0.15) is 38.5 Å². The first-order chi connectivity index (χ1) is 10.8. The first-order valence-corrected chi connectivity index (χ1v) is 8.53. The highest BCUT2D eigenvalue weighted by Crippen LogP contribution is 2.14. The average molecular weight is 318 g/mol. The summed E-state index contributed by atoms with van der Waals surface area (Å²) < 4.78 is 27.1. The molecule has 3 unspecified atom stereocenters. The Hall–Kier alpha value is -0.240. The standard InChI is InChI=1S/C16H30O6/c17-14(5-10-18-11-6-15-13-22-15)12-19-7-3-9-21-16-4-1-2-8-20-16/h14-17H,1-13H2. The monoisotopic (exact) mass is 318 g/mol. The number of epoxide rings is 1. The van der Waals surface area contributed by atoms with Crippen LogP contribution in [0, 0.1) is 0 Å². The number of ether oxygens (including phenoxy) is 5. The van der Waals surface area contributed by atoms with Gasteiger partial charge in [-0.15, -0.1) is 0 Å². The van der Waals surface area contributed by atoms with Gasteiger partial charge in [-0.25, -0.2) is 0 Å². The lowest BCUT2D eigenvalue weighted by Crippen LogP contribution is -2.23. The van der Waals surface area contributed by atoms with Gasteiger partial charge in [0.05, 0.1) is 32.0 Å². The molecule has 2 saturated heterocycles. The van der Waals surface area contributed by atoms with Gasteiger partial charge < -0.3 is 28.8 Å². The molecule has 0 aromatic carbocycles. The van der Waals surface area contributed by atoms with E-state index in [2.05, 4.69) is 0 Å². The van der Waals surface area contributed by atoms with Gasteiger partial charge in [-0.2, -0.15) is 0 Å². The molecular formula is C16H30O6. The fourth-order valence-electron chi connectivity index (χ4n) is 2.29. The van der Waals surface area contributed by atoms with E-state index in [1.54, 1.807) is 0 Å². The summed E-state index contributed by atoms with van der Waals surface area (Å²) in [7, 11) is 0. The number of aliphatic hydroxyl groups is 1. The van der Waals surface area contributed by atoms with Crippen molar-refractivity contribution in [2.45, 2.75) is 57.0 Å². The Morgan fingerprint density at radius 2 is 1.95 bits per heavy atom. The molecule has 6 heteroatoms. The summed E-state index contributed by atoms with van der Waals surface area (Å²) in [6, 6.07) is 0. The SMILES string of the molecule is OC(CCOCCC1CO1)COCCCOC1CCCCO1. The molecule has 2 aliphatic heterocycles. The first kappa shape index (κ1) is 18.1. The summed E-state index contributed by atoms with van der Waals surface area (Å²) in [6.45, 7) is 4.56. The summed E-state index contributed by atoms with van der Waals surface area (Å²) in [5.41, 5.74) is 0. The van der Waals surface area contributed by atoms with Crippen molar-refractivity contribution >= 4 is 0 Å². The second-order valence-electron chi connectivity index (χ2n) is 5.89. The first-order valence-electron chi connectivity index (χ1n) is 8.53. The highest BCUT2D eigenvalue weighted by molar-refractivity contribution is 4.67. The predicted molar refractivity (Wildman–Crippen MR) is 80.8 cm³/mol. The predicted octanol–water partition coefficient (Wildman–Crippen LogP) is 1.49. The van der Waals surface area contributed by atoms with Gasteiger partial charge in [0.2, 0.25) is 0 Å². The average Bonchev–Trinajstić information content (AvgIpc) is 3.35. The molecule has 0 radical (unpaired) electrons. The Labute approximate surface area is 133 Å². The molecule has 2 heterocycles. The zero-order chi connectivity index (χ0) is 15.5. The topological polar surface area (TPSA) is 69.7 Å². The Morgan fingerprint density at radius 1 is 1.05 bits per heavy atom. The van der Waals surface area contributed by atoms with Crippen LogP contribution in [-0.4, -0.2) is 69.9 Å². The molecular weight excluding hydrogens is 288 g/mol. The highest BCUT2D eigenvalue weighted by Gasteiger charge is 2.21. The van der Waals surface area contributed by atoms with E-state index in [0.717, 1.165) is 38.9 Å². The van der Waals surface area contributed by atoms with Crippen molar-refractivity contribution in [3.63, 3.8) is 0 Å². The van der Waals surface area contributed by atoms with Crippen molar-refractivity contribution in [3.05, 3.63) is 0 Å². The Kier molecular flexibility index (Phi) is 9.31. The zero-order valence-corrected chi connectivity index (χ0v) is 13.4. The van der Waals surface area contributed by atoms with Crippen LogP contribution in [0.5, 0.6) is 0 Å². The van der Waals surface area contributed by atoms with E-state index in [4.69, 9.17) is 23.7 Å². The maximum absolute atomic E-state index is 9.75. The van der Waals surface area contributed by atoms with Gasteiger partial charge in [-0.3, -0.25) is 0 Å². The maximum atomic E-state index is 9.75. The van der Waals surface area contributed by atoms with Crippen molar-refractivity contribution in [2.24, 2.45) is 0 Å². The minimum Gasteiger partial charge on any atom is -0.391 e. The van der Waals surface area contributed by atoms with Gasteiger partial charge >= 0.3 is 0 Å². The Morgan fingerprint density at radius 3 is 2.73 bits per heavy atom. The van der Waals surface area contributed by atoms with Crippen LogP contribution in [0.2, 0.25) is 0 Å². The third-order valence-corrected chi connectivity index (χ3v) is 3.77. The number of aliphatic hydroxyl groups excluding tert-OH is 1. The summed E-state index contributed by atoms with van der Waals surface area (Å²) in [5.74, 6) is 0. The summed E-state index contributed by atoms with van der Waals surface area (Å²) in [5, 5.41) is 9.75. The number of hydrogen-bond acceptors (Lipinski definition) is 6. The van der Waals surface area contributed by atoms with E-state index < -0.39 is 6.10 Å². The summed E-state index contributed by atoms with van der Waals surface area (Å²) in [4.78, 5) is 0. The van der Waals surface area contributed by atoms with E-state index in [1.165, 1.54) is 6.42 Å². The van der Waals surface area contributed by atoms with Crippen LogP contribution in [0.4, 0.5) is 0 Å². The van der Waals surface area contributed by atoms with Crippen LogP contribution in [-0.2, 0) is 23.7 Å². The molecule has 3 atom stereocenters. The summed E-state index contributed by atoms with van der Waals surface area (Å²) in [6.07, 6.45) is 5.63. The lowest BCUT2D eigenvalue weighted by molar-refractivity contribution is -0.164. The minimum atomic E-state index is -0.459. The van der Waals surface area contributed by atoms with E-state index in [9.17, 15) is 5.11 Å². The molecule has 0 saturated carbocycles. The maximum Gasteiger partial charge on any atom is 0.157 e. The van der Waals surface area contributed by atoms with Crippen LogP contribution in [0.3, 0.4) is 0 Å². The normalized spacial score (nSPS) is 26.0. The van der Waals surface area contributed by atoms with Crippen molar-refractivity contribution in [2.75, 3.05) is 46.2 Å². The minimum absolute atomic E-state index is 0.0301. The molecule has 0 bridgehead atoms. The quantitative estimate of drug-likeness (QED) is 0.410.